The van der Waals surface area contributed by atoms with Crippen LogP contribution >= 0.6 is 0 Å². The van der Waals surface area contributed by atoms with Crippen LogP contribution in [0, 0.1) is 20.8 Å². The van der Waals surface area contributed by atoms with E-state index in [2.05, 4.69) is 6.58 Å². The quantitative estimate of drug-likeness (QED) is 0.429. The molecule has 0 heterocycles. The maximum atomic E-state index is 9.91. The van der Waals surface area contributed by atoms with Crippen molar-refractivity contribution in [2.24, 2.45) is 0 Å². The predicted octanol–water partition coefficient (Wildman–Crippen LogP) is 2.63. The van der Waals surface area contributed by atoms with Crippen molar-refractivity contribution < 1.29 is 5.11 Å². The summed E-state index contributed by atoms with van der Waals surface area (Å²) in [7, 11) is 0. The third kappa shape index (κ3) is 1.48. The van der Waals surface area contributed by atoms with Crippen molar-refractivity contribution in [1.29, 1.82) is 0 Å². The van der Waals surface area contributed by atoms with Gasteiger partial charge in [0.15, 0.2) is 0 Å². The molecule has 1 aromatic rings. The van der Waals surface area contributed by atoms with Gasteiger partial charge in [-0.3, -0.25) is 0 Å². The number of nitrogen functional groups attached to an aromatic ring is 1. The summed E-state index contributed by atoms with van der Waals surface area (Å²) in [6.45, 7) is 9.41. The molecule has 1 aromatic carbocycles. The summed E-state index contributed by atoms with van der Waals surface area (Å²) >= 11 is 0. The molecule has 0 saturated heterocycles. The Bertz CT molecular complexity index is 351. The molecule has 0 unspecified atom stereocenters. The Morgan fingerprint density at radius 3 is 2.29 bits per heavy atom. The summed E-state index contributed by atoms with van der Waals surface area (Å²) < 4.78 is 0. The highest BCUT2D eigenvalue weighted by Crippen LogP contribution is 2.33. The van der Waals surface area contributed by atoms with Gasteiger partial charge in [0.1, 0.15) is 5.75 Å². The molecule has 3 N–H and O–H groups in total. The Hall–Kier alpha value is -1.44. The van der Waals surface area contributed by atoms with E-state index < -0.39 is 0 Å². The fourth-order valence-electron chi connectivity index (χ4n) is 1.62. The maximum Gasteiger partial charge on any atom is 0.122 e. The maximum absolute atomic E-state index is 9.91. The van der Waals surface area contributed by atoms with Gasteiger partial charge in [0, 0.05) is 11.3 Å². The van der Waals surface area contributed by atoms with Gasteiger partial charge in [0.2, 0.25) is 0 Å². The summed E-state index contributed by atoms with van der Waals surface area (Å²) in [5.41, 5.74) is 10.4. The summed E-state index contributed by atoms with van der Waals surface area (Å²) in [5, 5.41) is 9.91. The largest absolute Gasteiger partial charge is 0.507 e. The summed E-state index contributed by atoms with van der Waals surface area (Å²) in [5.74, 6) is 0.356. The molecule has 1 rings (SSSR count). The SMILES string of the molecule is C=CCc1c(C)c(N)c(C)c(C)c1O. The molecular formula is C12H17NO. The average molecular weight is 191 g/mol. The summed E-state index contributed by atoms with van der Waals surface area (Å²) in [6, 6.07) is 0. The molecule has 0 saturated carbocycles. The molecule has 0 radical (unpaired) electrons. The Balaban J connectivity index is 3.50. The number of nitrogens with two attached hydrogens (primary N) is 1. The summed E-state index contributed by atoms with van der Waals surface area (Å²) in [4.78, 5) is 0. The molecule has 0 amide bonds. The lowest BCUT2D eigenvalue weighted by molar-refractivity contribution is 0.464. The first-order valence-electron chi connectivity index (χ1n) is 4.68. The van der Waals surface area contributed by atoms with E-state index in [1.165, 1.54) is 0 Å². The van der Waals surface area contributed by atoms with Gasteiger partial charge in [-0.15, -0.1) is 6.58 Å². The van der Waals surface area contributed by atoms with Crippen molar-refractivity contribution in [2.45, 2.75) is 27.2 Å². The molecule has 0 aliphatic carbocycles. The first kappa shape index (κ1) is 10.6. The van der Waals surface area contributed by atoms with E-state index in [9.17, 15) is 5.11 Å². The zero-order chi connectivity index (χ0) is 10.9. The van der Waals surface area contributed by atoms with Gasteiger partial charge < -0.3 is 10.8 Å². The number of hydrogen-bond acceptors (Lipinski definition) is 2. The van der Waals surface area contributed by atoms with Crippen molar-refractivity contribution in [3.8, 4) is 5.75 Å². The van der Waals surface area contributed by atoms with Crippen molar-refractivity contribution >= 4 is 5.69 Å². The number of aromatic hydroxyl groups is 1. The lowest BCUT2D eigenvalue weighted by Crippen LogP contribution is -2.01. The van der Waals surface area contributed by atoms with E-state index in [-0.39, 0.29) is 0 Å². The highest BCUT2D eigenvalue weighted by atomic mass is 16.3. The normalized spacial score (nSPS) is 10.2. The van der Waals surface area contributed by atoms with Crippen LogP contribution in [0.4, 0.5) is 5.69 Å². The highest BCUT2D eigenvalue weighted by Gasteiger charge is 2.13. The van der Waals surface area contributed by atoms with E-state index in [1.807, 2.05) is 20.8 Å². The Morgan fingerprint density at radius 2 is 1.79 bits per heavy atom. The second-order valence-corrected chi connectivity index (χ2v) is 3.61. The van der Waals surface area contributed by atoms with Crippen LogP contribution in [-0.4, -0.2) is 5.11 Å². The van der Waals surface area contributed by atoms with E-state index in [0.29, 0.717) is 12.2 Å². The molecule has 14 heavy (non-hydrogen) atoms. The van der Waals surface area contributed by atoms with Gasteiger partial charge in [-0.05, 0) is 43.9 Å². The van der Waals surface area contributed by atoms with Crippen LogP contribution < -0.4 is 5.73 Å². The monoisotopic (exact) mass is 191 g/mol. The molecule has 0 atom stereocenters. The second kappa shape index (κ2) is 3.74. The molecule has 2 nitrogen and oxygen atoms in total. The minimum atomic E-state index is 0.356. The van der Waals surface area contributed by atoms with Crippen molar-refractivity contribution in [3.05, 3.63) is 34.9 Å². The second-order valence-electron chi connectivity index (χ2n) is 3.61. The van der Waals surface area contributed by atoms with Gasteiger partial charge in [-0.1, -0.05) is 6.08 Å². The first-order valence-corrected chi connectivity index (χ1v) is 4.68. The van der Waals surface area contributed by atoms with Gasteiger partial charge in [-0.2, -0.15) is 0 Å². The van der Waals surface area contributed by atoms with Gasteiger partial charge in [0.25, 0.3) is 0 Å². The standard InChI is InChI=1S/C12H17NO/c1-5-6-10-9(4)11(13)7(2)8(3)12(10)14/h5,14H,1,6,13H2,2-4H3. The molecule has 0 spiro atoms. The van der Waals surface area contributed by atoms with Crippen molar-refractivity contribution in [1.82, 2.24) is 0 Å². The molecule has 0 aliphatic rings. The van der Waals surface area contributed by atoms with Crippen LogP contribution in [0.3, 0.4) is 0 Å². The van der Waals surface area contributed by atoms with Crippen molar-refractivity contribution in [3.63, 3.8) is 0 Å². The lowest BCUT2D eigenvalue weighted by Gasteiger charge is -2.15. The summed E-state index contributed by atoms with van der Waals surface area (Å²) in [6.07, 6.45) is 2.43. The number of phenolic OH excluding ortho intramolecular Hbond substituents is 1. The smallest absolute Gasteiger partial charge is 0.122 e. The number of hydrogen-bond donors (Lipinski definition) is 2. The fourth-order valence-corrected chi connectivity index (χ4v) is 1.62. The van der Waals surface area contributed by atoms with Gasteiger partial charge in [-0.25, -0.2) is 0 Å². The predicted molar refractivity (Wildman–Crippen MR) is 60.6 cm³/mol. The number of anilines is 1. The topological polar surface area (TPSA) is 46.2 Å². The number of allylic oxidation sites excluding steroid dienone is 1. The molecular weight excluding hydrogens is 174 g/mol. The minimum absolute atomic E-state index is 0.356. The van der Waals surface area contributed by atoms with Crippen LogP contribution in [0.5, 0.6) is 5.75 Å². The van der Waals surface area contributed by atoms with Crippen LogP contribution in [0.25, 0.3) is 0 Å². The molecule has 2 heteroatoms. The lowest BCUT2D eigenvalue weighted by atomic mass is 9.95. The number of phenols is 1. The van der Waals surface area contributed by atoms with E-state index in [1.54, 1.807) is 6.08 Å². The van der Waals surface area contributed by atoms with Crippen LogP contribution in [0.15, 0.2) is 12.7 Å². The minimum Gasteiger partial charge on any atom is -0.507 e. The fraction of sp³-hybridized carbons (Fsp3) is 0.333. The van der Waals surface area contributed by atoms with Gasteiger partial charge >= 0.3 is 0 Å². The van der Waals surface area contributed by atoms with Crippen LogP contribution in [-0.2, 0) is 6.42 Å². The Labute approximate surface area is 85.1 Å². The third-order valence-electron chi connectivity index (χ3n) is 2.81. The van der Waals surface area contributed by atoms with Gasteiger partial charge in [0.05, 0.1) is 0 Å². The van der Waals surface area contributed by atoms with E-state index >= 15 is 0 Å². The first-order chi connectivity index (χ1) is 6.50. The Kier molecular flexibility index (Phi) is 2.84. The molecule has 0 aromatic heterocycles. The third-order valence-corrected chi connectivity index (χ3v) is 2.81. The zero-order valence-corrected chi connectivity index (χ0v) is 9.02. The van der Waals surface area contributed by atoms with Crippen LogP contribution in [0.2, 0.25) is 0 Å². The van der Waals surface area contributed by atoms with E-state index in [0.717, 1.165) is 27.9 Å². The molecule has 76 valence electrons. The average Bonchev–Trinajstić information content (AvgIpc) is 2.19. The number of rotatable bonds is 2. The highest BCUT2D eigenvalue weighted by molar-refractivity contribution is 5.64. The van der Waals surface area contributed by atoms with Crippen molar-refractivity contribution in [2.75, 3.05) is 5.73 Å². The van der Waals surface area contributed by atoms with Crippen LogP contribution in [0.1, 0.15) is 22.3 Å². The molecule has 0 bridgehead atoms. The number of benzene rings is 1. The van der Waals surface area contributed by atoms with E-state index in [4.69, 9.17) is 5.73 Å². The molecule has 0 aliphatic heterocycles. The molecule has 0 fully saturated rings. The Morgan fingerprint density at radius 1 is 1.21 bits per heavy atom. The zero-order valence-electron chi connectivity index (χ0n) is 9.02.